The molecule has 0 aromatic rings. The van der Waals surface area contributed by atoms with Crippen molar-refractivity contribution in [1.82, 2.24) is 10.2 Å². The molecule has 2 unspecified atom stereocenters. The van der Waals surface area contributed by atoms with Crippen LogP contribution in [-0.4, -0.2) is 49.3 Å². The first kappa shape index (κ1) is 12.9. The Bertz CT molecular complexity index is 156. The third-order valence-electron chi connectivity index (χ3n) is 3.13. The number of aliphatic hydroxyl groups is 1. The fraction of sp³-hybridized carbons (Fsp3) is 1.00. The normalized spacial score (nSPS) is 24.4. The van der Waals surface area contributed by atoms with E-state index in [2.05, 4.69) is 17.3 Å². The number of rotatable bonds is 6. The second-order valence-electron chi connectivity index (χ2n) is 4.97. The lowest BCUT2D eigenvalue weighted by Gasteiger charge is -2.24. The van der Waals surface area contributed by atoms with Gasteiger partial charge in [0.1, 0.15) is 0 Å². The van der Waals surface area contributed by atoms with Gasteiger partial charge in [-0.3, -0.25) is 0 Å². The maximum atomic E-state index is 9.22. The number of piperidine rings is 1. The summed E-state index contributed by atoms with van der Waals surface area (Å²) in [5.41, 5.74) is 0. The fourth-order valence-electron chi connectivity index (χ4n) is 2.36. The molecule has 0 bridgehead atoms. The van der Waals surface area contributed by atoms with Crippen LogP contribution in [-0.2, 0) is 0 Å². The molecule has 1 aliphatic heterocycles. The Morgan fingerprint density at radius 3 is 2.93 bits per heavy atom. The number of likely N-dealkylation sites (N-methyl/N-ethyl adjacent to an activating group) is 1. The van der Waals surface area contributed by atoms with E-state index < -0.39 is 0 Å². The van der Waals surface area contributed by atoms with Crippen LogP contribution in [0.5, 0.6) is 0 Å². The fourth-order valence-corrected chi connectivity index (χ4v) is 2.36. The van der Waals surface area contributed by atoms with E-state index in [1.54, 1.807) is 0 Å². The molecular formula is C12H26N2O. The van der Waals surface area contributed by atoms with Gasteiger partial charge in [-0.1, -0.05) is 0 Å². The predicted molar refractivity (Wildman–Crippen MR) is 64.0 cm³/mol. The van der Waals surface area contributed by atoms with Gasteiger partial charge in [0.25, 0.3) is 0 Å². The zero-order valence-corrected chi connectivity index (χ0v) is 10.2. The molecule has 0 aliphatic carbocycles. The quantitative estimate of drug-likeness (QED) is 0.694. The van der Waals surface area contributed by atoms with E-state index in [0.29, 0.717) is 0 Å². The summed E-state index contributed by atoms with van der Waals surface area (Å²) in [6.45, 7) is 6.17. The van der Waals surface area contributed by atoms with Crippen LogP contribution in [0.2, 0.25) is 0 Å². The van der Waals surface area contributed by atoms with Gasteiger partial charge in [-0.05, 0) is 65.2 Å². The minimum atomic E-state index is -0.202. The summed E-state index contributed by atoms with van der Waals surface area (Å²) < 4.78 is 0. The number of hydrogen-bond acceptors (Lipinski definition) is 3. The maximum absolute atomic E-state index is 9.22. The van der Waals surface area contributed by atoms with Gasteiger partial charge in [0.2, 0.25) is 0 Å². The van der Waals surface area contributed by atoms with Crippen LogP contribution < -0.4 is 5.32 Å². The minimum Gasteiger partial charge on any atom is -0.392 e. The second kappa shape index (κ2) is 7.20. The molecule has 15 heavy (non-hydrogen) atoms. The van der Waals surface area contributed by atoms with Crippen molar-refractivity contribution in [3.8, 4) is 0 Å². The summed E-state index contributed by atoms with van der Waals surface area (Å²) in [5, 5.41) is 12.7. The molecule has 0 amide bonds. The van der Waals surface area contributed by atoms with Crippen molar-refractivity contribution in [1.29, 1.82) is 0 Å². The highest BCUT2D eigenvalue weighted by atomic mass is 16.3. The Morgan fingerprint density at radius 1 is 1.53 bits per heavy atom. The molecule has 90 valence electrons. The molecule has 3 heteroatoms. The Morgan fingerprint density at radius 2 is 2.33 bits per heavy atom. The van der Waals surface area contributed by atoms with Gasteiger partial charge in [-0.15, -0.1) is 0 Å². The topological polar surface area (TPSA) is 35.5 Å². The number of nitrogens with one attached hydrogen (secondary N) is 1. The first-order chi connectivity index (χ1) is 7.18. The highest BCUT2D eigenvalue weighted by Crippen LogP contribution is 2.15. The summed E-state index contributed by atoms with van der Waals surface area (Å²) >= 11 is 0. The SMILES string of the molecule is CC(O)CN(C)CCCC1CCCNC1. The average Bonchev–Trinajstić information content (AvgIpc) is 2.18. The van der Waals surface area contributed by atoms with Crippen molar-refractivity contribution in [2.45, 2.75) is 38.7 Å². The molecule has 0 aromatic heterocycles. The Hall–Kier alpha value is -0.120. The third kappa shape index (κ3) is 6.13. The van der Waals surface area contributed by atoms with Gasteiger partial charge in [0.05, 0.1) is 6.10 Å². The number of nitrogens with zero attached hydrogens (tertiary/aromatic N) is 1. The molecule has 3 nitrogen and oxygen atoms in total. The number of hydrogen-bond donors (Lipinski definition) is 2. The summed E-state index contributed by atoms with van der Waals surface area (Å²) in [6.07, 6.45) is 5.12. The molecule has 1 saturated heterocycles. The molecular weight excluding hydrogens is 188 g/mol. The summed E-state index contributed by atoms with van der Waals surface area (Å²) in [7, 11) is 2.09. The molecule has 1 heterocycles. The van der Waals surface area contributed by atoms with Gasteiger partial charge in [-0.2, -0.15) is 0 Å². The minimum absolute atomic E-state index is 0.202. The van der Waals surface area contributed by atoms with Crippen LogP contribution in [0, 0.1) is 5.92 Å². The van der Waals surface area contributed by atoms with E-state index in [0.717, 1.165) is 19.0 Å². The molecule has 2 atom stereocenters. The van der Waals surface area contributed by atoms with Crippen molar-refractivity contribution < 1.29 is 5.11 Å². The summed E-state index contributed by atoms with van der Waals surface area (Å²) in [5.74, 6) is 0.888. The third-order valence-corrected chi connectivity index (χ3v) is 3.13. The second-order valence-corrected chi connectivity index (χ2v) is 4.97. The van der Waals surface area contributed by atoms with Crippen LogP contribution in [0.4, 0.5) is 0 Å². The van der Waals surface area contributed by atoms with Gasteiger partial charge < -0.3 is 15.3 Å². The zero-order chi connectivity index (χ0) is 11.1. The van der Waals surface area contributed by atoms with Crippen LogP contribution in [0.1, 0.15) is 32.6 Å². The van der Waals surface area contributed by atoms with Gasteiger partial charge in [0, 0.05) is 6.54 Å². The van der Waals surface area contributed by atoms with Crippen molar-refractivity contribution in [2.24, 2.45) is 5.92 Å². The smallest absolute Gasteiger partial charge is 0.0638 e. The van der Waals surface area contributed by atoms with E-state index in [1.165, 1.54) is 38.8 Å². The van der Waals surface area contributed by atoms with E-state index in [1.807, 2.05) is 6.92 Å². The van der Waals surface area contributed by atoms with Crippen LogP contribution >= 0.6 is 0 Å². The summed E-state index contributed by atoms with van der Waals surface area (Å²) in [6, 6.07) is 0. The average molecular weight is 214 g/mol. The van der Waals surface area contributed by atoms with E-state index in [-0.39, 0.29) is 6.10 Å². The monoisotopic (exact) mass is 214 g/mol. The van der Waals surface area contributed by atoms with E-state index in [9.17, 15) is 5.11 Å². The van der Waals surface area contributed by atoms with Gasteiger partial charge in [0.15, 0.2) is 0 Å². The molecule has 2 N–H and O–H groups in total. The predicted octanol–water partition coefficient (Wildman–Crippen LogP) is 1.08. The van der Waals surface area contributed by atoms with Crippen molar-refractivity contribution in [3.05, 3.63) is 0 Å². The highest BCUT2D eigenvalue weighted by molar-refractivity contribution is 4.69. The number of aliphatic hydroxyl groups excluding tert-OH is 1. The lowest BCUT2D eigenvalue weighted by atomic mass is 9.95. The maximum Gasteiger partial charge on any atom is 0.0638 e. The Labute approximate surface area is 93.9 Å². The Balaban J connectivity index is 1.99. The van der Waals surface area contributed by atoms with Crippen LogP contribution in [0.15, 0.2) is 0 Å². The van der Waals surface area contributed by atoms with Gasteiger partial charge in [-0.25, -0.2) is 0 Å². The molecule has 0 aromatic carbocycles. The van der Waals surface area contributed by atoms with Crippen molar-refractivity contribution >= 4 is 0 Å². The van der Waals surface area contributed by atoms with Crippen molar-refractivity contribution in [3.63, 3.8) is 0 Å². The molecule has 0 radical (unpaired) electrons. The zero-order valence-electron chi connectivity index (χ0n) is 10.2. The lowest BCUT2D eigenvalue weighted by Crippen LogP contribution is -2.31. The highest BCUT2D eigenvalue weighted by Gasteiger charge is 2.12. The van der Waals surface area contributed by atoms with E-state index >= 15 is 0 Å². The Kier molecular flexibility index (Phi) is 6.22. The largest absolute Gasteiger partial charge is 0.392 e. The molecule has 0 saturated carbocycles. The first-order valence-corrected chi connectivity index (χ1v) is 6.26. The standard InChI is InChI=1S/C12H26N2O/c1-11(15)10-14(2)8-4-6-12-5-3-7-13-9-12/h11-13,15H,3-10H2,1-2H3. The molecule has 1 aliphatic rings. The summed E-state index contributed by atoms with van der Waals surface area (Å²) in [4.78, 5) is 2.22. The lowest BCUT2D eigenvalue weighted by molar-refractivity contribution is 0.139. The first-order valence-electron chi connectivity index (χ1n) is 6.26. The molecule has 1 rings (SSSR count). The van der Waals surface area contributed by atoms with Crippen LogP contribution in [0.3, 0.4) is 0 Å². The van der Waals surface area contributed by atoms with Crippen LogP contribution in [0.25, 0.3) is 0 Å². The van der Waals surface area contributed by atoms with Crippen molar-refractivity contribution in [2.75, 3.05) is 33.2 Å². The van der Waals surface area contributed by atoms with E-state index in [4.69, 9.17) is 0 Å². The molecule has 0 spiro atoms. The van der Waals surface area contributed by atoms with Gasteiger partial charge >= 0.3 is 0 Å². The molecule has 1 fully saturated rings.